The van der Waals surface area contributed by atoms with Crippen LogP contribution in [0.1, 0.15) is 37.2 Å². The molecule has 10 heteroatoms. The van der Waals surface area contributed by atoms with Crippen molar-refractivity contribution in [3.8, 4) is 11.4 Å². The highest BCUT2D eigenvalue weighted by Crippen LogP contribution is 2.18. The number of carbonyl (C=O) groups is 1. The molecular weight excluding hydrogens is 410 g/mol. The third-order valence-corrected chi connectivity index (χ3v) is 4.94. The van der Waals surface area contributed by atoms with Crippen LogP contribution in [-0.4, -0.2) is 35.0 Å². The van der Waals surface area contributed by atoms with E-state index in [1.54, 1.807) is 36.7 Å². The molecule has 0 aliphatic rings. The lowest BCUT2D eigenvalue weighted by Gasteiger charge is -2.09. The monoisotopic (exact) mass is 433 g/mol. The van der Waals surface area contributed by atoms with E-state index in [1.165, 1.54) is 15.3 Å². The Bertz CT molecular complexity index is 1370. The van der Waals surface area contributed by atoms with Gasteiger partial charge in [-0.05, 0) is 37.1 Å². The Labute approximate surface area is 183 Å². The summed E-state index contributed by atoms with van der Waals surface area (Å²) >= 11 is 0. The fraction of sp³-hybridized carbons (Fsp3) is 0.273. The Morgan fingerprint density at radius 1 is 1.06 bits per heavy atom. The molecule has 10 nitrogen and oxygen atoms in total. The fourth-order valence-corrected chi connectivity index (χ4v) is 3.45. The highest BCUT2D eigenvalue weighted by molar-refractivity contribution is 6.02. The molecule has 4 aromatic heterocycles. The molecular formula is C22H23N7O3. The molecule has 4 heterocycles. The third kappa shape index (κ3) is 3.94. The summed E-state index contributed by atoms with van der Waals surface area (Å²) in [5.41, 5.74) is 1.24. The molecule has 0 aliphatic carbocycles. The van der Waals surface area contributed by atoms with Crippen LogP contribution in [0.15, 0.2) is 52.4 Å². The predicted molar refractivity (Wildman–Crippen MR) is 121 cm³/mol. The summed E-state index contributed by atoms with van der Waals surface area (Å²) in [7, 11) is 0. The van der Waals surface area contributed by atoms with E-state index in [4.69, 9.17) is 0 Å². The minimum atomic E-state index is -0.390. The molecule has 164 valence electrons. The fourth-order valence-electron chi connectivity index (χ4n) is 3.45. The van der Waals surface area contributed by atoms with Crippen LogP contribution < -0.4 is 16.6 Å². The summed E-state index contributed by atoms with van der Waals surface area (Å²) in [5, 5.41) is 2.72. The third-order valence-electron chi connectivity index (χ3n) is 4.94. The lowest BCUT2D eigenvalue weighted by Crippen LogP contribution is -2.40. The van der Waals surface area contributed by atoms with Gasteiger partial charge in [0.15, 0.2) is 5.65 Å². The van der Waals surface area contributed by atoms with Crippen molar-refractivity contribution >= 4 is 22.8 Å². The molecule has 0 atom stereocenters. The molecule has 0 spiro atoms. The van der Waals surface area contributed by atoms with Crippen LogP contribution in [0.4, 0.5) is 5.69 Å². The largest absolute Gasteiger partial charge is 0.332 e. The zero-order valence-corrected chi connectivity index (χ0v) is 17.8. The van der Waals surface area contributed by atoms with Crippen LogP contribution in [0.3, 0.4) is 0 Å². The van der Waals surface area contributed by atoms with E-state index in [1.807, 2.05) is 13.8 Å². The lowest BCUT2D eigenvalue weighted by molar-refractivity contribution is 0.102. The Morgan fingerprint density at radius 3 is 2.50 bits per heavy atom. The van der Waals surface area contributed by atoms with Gasteiger partial charge in [0.1, 0.15) is 17.0 Å². The van der Waals surface area contributed by atoms with Gasteiger partial charge in [-0.3, -0.25) is 28.7 Å². The van der Waals surface area contributed by atoms with Crippen LogP contribution in [0, 0.1) is 0 Å². The first-order valence-corrected chi connectivity index (χ1v) is 10.4. The molecule has 0 fully saturated rings. The Balaban J connectivity index is 1.70. The quantitative estimate of drug-likeness (QED) is 0.461. The summed E-state index contributed by atoms with van der Waals surface area (Å²) in [6.07, 6.45) is 6.06. The van der Waals surface area contributed by atoms with E-state index in [-0.39, 0.29) is 22.8 Å². The normalized spacial score (nSPS) is 11.1. The first kappa shape index (κ1) is 21.2. The maximum atomic E-state index is 12.9. The van der Waals surface area contributed by atoms with Crippen molar-refractivity contribution in [2.75, 3.05) is 5.32 Å². The molecule has 0 saturated carbocycles. The number of rotatable bonds is 7. The number of hydrogen-bond acceptors (Lipinski definition) is 6. The second kappa shape index (κ2) is 8.96. The molecule has 0 bridgehead atoms. The van der Waals surface area contributed by atoms with E-state index in [9.17, 15) is 14.4 Å². The molecule has 2 N–H and O–H groups in total. The van der Waals surface area contributed by atoms with Crippen molar-refractivity contribution in [3.63, 3.8) is 0 Å². The number of aryl methyl sites for hydroxylation is 1. The SMILES string of the molecule is CCCn1c(=O)c2[nH]c(-c3ccc(C(=O)Nc4cccnc4)nc3)nc2n(CCC)c1=O. The molecule has 1 amide bonds. The van der Waals surface area contributed by atoms with E-state index in [2.05, 4.69) is 25.3 Å². The van der Waals surface area contributed by atoms with Crippen LogP contribution >= 0.6 is 0 Å². The molecule has 0 aliphatic heterocycles. The second-order valence-corrected chi connectivity index (χ2v) is 7.30. The average molecular weight is 433 g/mol. The van der Waals surface area contributed by atoms with Crippen molar-refractivity contribution in [1.82, 2.24) is 29.1 Å². The van der Waals surface area contributed by atoms with Crippen LogP contribution in [0.2, 0.25) is 0 Å². The van der Waals surface area contributed by atoms with E-state index in [0.29, 0.717) is 42.2 Å². The first-order valence-electron chi connectivity index (χ1n) is 10.4. The highest BCUT2D eigenvalue weighted by Gasteiger charge is 2.18. The average Bonchev–Trinajstić information content (AvgIpc) is 3.26. The minimum absolute atomic E-state index is 0.224. The van der Waals surface area contributed by atoms with E-state index >= 15 is 0 Å². The lowest BCUT2D eigenvalue weighted by atomic mass is 10.2. The number of pyridine rings is 2. The highest BCUT2D eigenvalue weighted by atomic mass is 16.2. The van der Waals surface area contributed by atoms with Gasteiger partial charge in [0.05, 0.1) is 11.9 Å². The standard InChI is InChI=1S/C22H23N7O3/c1-3-10-28-19-17(21(31)29(11-4-2)22(28)32)26-18(27-19)14-7-8-16(24-12-14)20(30)25-15-6-5-9-23-13-15/h5-9,12-13H,3-4,10-11H2,1-2H3,(H,25,30)(H,26,27). The number of hydrogen-bond donors (Lipinski definition) is 2. The van der Waals surface area contributed by atoms with Gasteiger partial charge in [-0.1, -0.05) is 13.8 Å². The molecule has 4 aromatic rings. The van der Waals surface area contributed by atoms with E-state index < -0.39 is 5.56 Å². The van der Waals surface area contributed by atoms with Crippen LogP contribution in [0.25, 0.3) is 22.6 Å². The number of nitrogens with zero attached hydrogens (tertiary/aromatic N) is 5. The van der Waals surface area contributed by atoms with Gasteiger partial charge < -0.3 is 10.3 Å². The number of aromatic nitrogens is 6. The van der Waals surface area contributed by atoms with Crippen molar-refractivity contribution in [1.29, 1.82) is 0 Å². The molecule has 0 aromatic carbocycles. The van der Waals surface area contributed by atoms with Gasteiger partial charge >= 0.3 is 5.69 Å². The zero-order chi connectivity index (χ0) is 22.7. The second-order valence-electron chi connectivity index (χ2n) is 7.30. The molecule has 0 saturated heterocycles. The summed E-state index contributed by atoms with van der Waals surface area (Å²) < 4.78 is 2.76. The maximum Gasteiger partial charge on any atom is 0.332 e. The number of nitrogens with one attached hydrogen (secondary N) is 2. The van der Waals surface area contributed by atoms with Crippen molar-refractivity contribution in [2.45, 2.75) is 39.8 Å². The van der Waals surface area contributed by atoms with Crippen LogP contribution in [-0.2, 0) is 13.1 Å². The number of fused-ring (bicyclic) bond motifs is 1. The minimum Gasteiger partial charge on any atom is -0.332 e. The Morgan fingerprint density at radius 2 is 1.84 bits per heavy atom. The number of anilines is 1. The van der Waals surface area contributed by atoms with Crippen molar-refractivity contribution < 1.29 is 4.79 Å². The van der Waals surface area contributed by atoms with E-state index in [0.717, 1.165) is 6.42 Å². The summed E-state index contributed by atoms with van der Waals surface area (Å²) in [6, 6.07) is 6.72. The number of aromatic amines is 1. The van der Waals surface area contributed by atoms with Gasteiger partial charge in [-0.2, -0.15) is 0 Å². The molecule has 0 radical (unpaired) electrons. The maximum absolute atomic E-state index is 12.9. The number of amides is 1. The summed E-state index contributed by atoms with van der Waals surface area (Å²) in [6.45, 7) is 4.67. The van der Waals surface area contributed by atoms with Crippen LogP contribution in [0.5, 0.6) is 0 Å². The smallest absolute Gasteiger partial charge is 0.332 e. The molecule has 0 unspecified atom stereocenters. The van der Waals surface area contributed by atoms with Gasteiger partial charge in [-0.15, -0.1) is 0 Å². The number of carbonyl (C=O) groups excluding carboxylic acids is 1. The van der Waals surface area contributed by atoms with Crippen molar-refractivity contribution in [2.24, 2.45) is 0 Å². The van der Waals surface area contributed by atoms with Gasteiger partial charge in [0.25, 0.3) is 11.5 Å². The molecule has 32 heavy (non-hydrogen) atoms. The van der Waals surface area contributed by atoms with Gasteiger partial charge in [0, 0.05) is 31.0 Å². The van der Waals surface area contributed by atoms with Gasteiger partial charge in [0.2, 0.25) is 0 Å². The Hall–Kier alpha value is -4.08. The van der Waals surface area contributed by atoms with Crippen molar-refractivity contribution in [3.05, 3.63) is 69.4 Å². The summed E-state index contributed by atoms with van der Waals surface area (Å²) in [4.78, 5) is 53.8. The Kier molecular flexibility index (Phi) is 5.93. The zero-order valence-electron chi connectivity index (χ0n) is 17.8. The van der Waals surface area contributed by atoms with Gasteiger partial charge in [-0.25, -0.2) is 9.78 Å². The molecule has 4 rings (SSSR count). The first-order chi connectivity index (χ1) is 15.5. The predicted octanol–water partition coefficient (Wildman–Crippen LogP) is 2.42. The number of H-pyrrole nitrogens is 1. The topological polar surface area (TPSA) is 128 Å². The number of imidazole rings is 1. The summed E-state index contributed by atoms with van der Waals surface area (Å²) in [5.74, 6) is 0.0377.